The van der Waals surface area contributed by atoms with Crippen molar-refractivity contribution in [1.29, 1.82) is 0 Å². The number of thiophene rings is 1. The highest BCUT2D eigenvalue weighted by molar-refractivity contribution is 7.19. The number of hydrogen-bond acceptors (Lipinski definition) is 2. The lowest BCUT2D eigenvalue weighted by molar-refractivity contribution is 0.119. The van der Waals surface area contributed by atoms with Gasteiger partial charge in [0.25, 0.3) is 0 Å². The predicted octanol–water partition coefficient (Wildman–Crippen LogP) is 4.30. The van der Waals surface area contributed by atoms with E-state index < -0.39 is 0 Å². The minimum atomic E-state index is -0.278. The molecule has 3 rings (SSSR count). The van der Waals surface area contributed by atoms with Gasteiger partial charge in [-0.05, 0) is 41.7 Å². The quantitative estimate of drug-likeness (QED) is 0.687. The molecule has 0 spiro atoms. The van der Waals surface area contributed by atoms with Crippen molar-refractivity contribution in [2.75, 3.05) is 0 Å². The number of aliphatic hydroxyl groups is 1. The average Bonchev–Trinajstić information content (AvgIpc) is 2.59. The van der Waals surface area contributed by atoms with Crippen LogP contribution in [0.2, 0.25) is 0 Å². The third kappa shape index (κ3) is 1.90. The van der Waals surface area contributed by atoms with Gasteiger partial charge >= 0.3 is 0 Å². The number of benzene rings is 1. The SMILES string of the molecule is CC1(C)CCc2c(sc3ccccc23)C(O)C1. The fraction of sp³-hybridized carbons (Fsp3) is 0.467. The second-order valence-corrected chi connectivity index (χ2v) is 6.91. The van der Waals surface area contributed by atoms with Gasteiger partial charge in [-0.2, -0.15) is 0 Å². The second kappa shape index (κ2) is 3.82. The molecule has 0 aliphatic heterocycles. The molecular weight excluding hydrogens is 228 g/mol. The first-order valence-corrected chi connectivity index (χ1v) is 7.07. The Morgan fingerprint density at radius 3 is 2.88 bits per heavy atom. The molecule has 1 aliphatic rings. The molecule has 2 aromatic rings. The molecule has 1 aromatic carbocycles. The van der Waals surface area contributed by atoms with Gasteiger partial charge in [-0.25, -0.2) is 0 Å². The standard InChI is InChI=1S/C15H18OS/c1-15(2)8-7-11-10-5-3-4-6-13(10)17-14(11)12(16)9-15/h3-6,12,16H,7-9H2,1-2H3. The van der Waals surface area contributed by atoms with Crippen LogP contribution in [0.4, 0.5) is 0 Å². The maximum atomic E-state index is 10.4. The van der Waals surface area contributed by atoms with Gasteiger partial charge in [0.2, 0.25) is 0 Å². The summed E-state index contributed by atoms with van der Waals surface area (Å²) in [5, 5.41) is 11.7. The topological polar surface area (TPSA) is 20.2 Å². The highest BCUT2D eigenvalue weighted by Crippen LogP contribution is 2.45. The van der Waals surface area contributed by atoms with Crippen LogP contribution in [-0.4, -0.2) is 5.11 Å². The zero-order valence-corrected chi connectivity index (χ0v) is 11.2. The van der Waals surface area contributed by atoms with Crippen LogP contribution in [0.3, 0.4) is 0 Å². The van der Waals surface area contributed by atoms with E-state index in [2.05, 4.69) is 38.1 Å². The molecule has 1 atom stereocenters. The molecule has 0 radical (unpaired) electrons. The smallest absolute Gasteiger partial charge is 0.0890 e. The van der Waals surface area contributed by atoms with Crippen LogP contribution in [0.25, 0.3) is 10.1 Å². The van der Waals surface area contributed by atoms with Gasteiger partial charge in [0.1, 0.15) is 0 Å². The van der Waals surface area contributed by atoms with E-state index in [1.54, 1.807) is 11.3 Å². The van der Waals surface area contributed by atoms with E-state index in [0.717, 1.165) is 19.3 Å². The molecule has 1 aromatic heterocycles. The molecule has 0 bridgehead atoms. The van der Waals surface area contributed by atoms with Crippen molar-refractivity contribution in [3.63, 3.8) is 0 Å². The Kier molecular flexibility index (Phi) is 2.53. The van der Waals surface area contributed by atoms with Gasteiger partial charge in [0.05, 0.1) is 6.10 Å². The molecule has 0 saturated heterocycles. The third-order valence-electron chi connectivity index (χ3n) is 3.83. The molecule has 0 fully saturated rings. The molecule has 2 heteroatoms. The minimum Gasteiger partial charge on any atom is -0.388 e. The van der Waals surface area contributed by atoms with Gasteiger partial charge in [0, 0.05) is 9.58 Å². The molecule has 1 N–H and O–H groups in total. The Bertz CT molecular complexity index is 553. The fourth-order valence-corrected chi connectivity index (χ4v) is 4.07. The number of aliphatic hydroxyl groups excluding tert-OH is 1. The molecule has 90 valence electrons. The van der Waals surface area contributed by atoms with Gasteiger partial charge in [0.15, 0.2) is 0 Å². The van der Waals surface area contributed by atoms with Crippen LogP contribution in [0.5, 0.6) is 0 Å². The first kappa shape index (κ1) is 11.2. The van der Waals surface area contributed by atoms with Crippen LogP contribution < -0.4 is 0 Å². The van der Waals surface area contributed by atoms with E-state index in [0.29, 0.717) is 0 Å². The Hall–Kier alpha value is -0.860. The molecule has 1 unspecified atom stereocenters. The number of fused-ring (bicyclic) bond motifs is 3. The Balaban J connectivity index is 2.16. The van der Waals surface area contributed by atoms with E-state index in [1.807, 2.05) is 0 Å². The minimum absolute atomic E-state index is 0.249. The summed E-state index contributed by atoms with van der Waals surface area (Å²) in [7, 11) is 0. The van der Waals surface area contributed by atoms with Crippen LogP contribution in [-0.2, 0) is 6.42 Å². The van der Waals surface area contributed by atoms with Crippen LogP contribution >= 0.6 is 11.3 Å². The summed E-state index contributed by atoms with van der Waals surface area (Å²) in [6, 6.07) is 8.52. The van der Waals surface area contributed by atoms with E-state index >= 15 is 0 Å². The molecule has 1 heterocycles. The highest BCUT2D eigenvalue weighted by atomic mass is 32.1. The van der Waals surface area contributed by atoms with Gasteiger partial charge < -0.3 is 5.11 Å². The maximum Gasteiger partial charge on any atom is 0.0890 e. The van der Waals surface area contributed by atoms with E-state index in [4.69, 9.17) is 0 Å². The van der Waals surface area contributed by atoms with Crippen molar-refractivity contribution in [3.05, 3.63) is 34.7 Å². The Labute approximate surface area is 106 Å². The molecule has 0 amide bonds. The monoisotopic (exact) mass is 246 g/mol. The molecule has 0 saturated carbocycles. The lowest BCUT2D eigenvalue weighted by Gasteiger charge is -2.23. The lowest BCUT2D eigenvalue weighted by atomic mass is 9.84. The predicted molar refractivity (Wildman–Crippen MR) is 73.5 cm³/mol. The van der Waals surface area contributed by atoms with Crippen molar-refractivity contribution in [2.45, 2.75) is 39.2 Å². The number of hydrogen-bond donors (Lipinski definition) is 1. The van der Waals surface area contributed by atoms with Gasteiger partial charge in [-0.1, -0.05) is 32.0 Å². The summed E-state index contributed by atoms with van der Waals surface area (Å²) in [5.74, 6) is 0. The average molecular weight is 246 g/mol. The van der Waals surface area contributed by atoms with Gasteiger partial charge in [-0.15, -0.1) is 11.3 Å². The van der Waals surface area contributed by atoms with E-state index in [1.165, 1.54) is 20.5 Å². The van der Waals surface area contributed by atoms with Crippen LogP contribution in [0, 0.1) is 5.41 Å². The summed E-state index contributed by atoms with van der Waals surface area (Å²) in [6.07, 6.45) is 2.87. The normalized spacial score (nSPS) is 23.4. The summed E-state index contributed by atoms with van der Waals surface area (Å²) in [6.45, 7) is 4.52. The Morgan fingerprint density at radius 1 is 1.29 bits per heavy atom. The van der Waals surface area contributed by atoms with Crippen molar-refractivity contribution >= 4 is 21.4 Å². The summed E-state index contributed by atoms with van der Waals surface area (Å²) < 4.78 is 1.32. The lowest BCUT2D eigenvalue weighted by Crippen LogP contribution is -2.13. The first-order valence-electron chi connectivity index (χ1n) is 6.25. The molecular formula is C15H18OS. The van der Waals surface area contributed by atoms with Gasteiger partial charge in [-0.3, -0.25) is 0 Å². The van der Waals surface area contributed by atoms with E-state index in [-0.39, 0.29) is 11.5 Å². The van der Waals surface area contributed by atoms with Crippen LogP contribution in [0.15, 0.2) is 24.3 Å². The largest absolute Gasteiger partial charge is 0.388 e. The van der Waals surface area contributed by atoms with E-state index in [9.17, 15) is 5.11 Å². The summed E-state index contributed by atoms with van der Waals surface area (Å²) in [4.78, 5) is 1.21. The fourth-order valence-electron chi connectivity index (χ4n) is 2.83. The third-order valence-corrected chi connectivity index (χ3v) is 5.14. The molecule has 17 heavy (non-hydrogen) atoms. The van der Waals surface area contributed by atoms with Crippen molar-refractivity contribution in [2.24, 2.45) is 5.41 Å². The first-order chi connectivity index (χ1) is 8.07. The molecule has 1 nitrogen and oxygen atoms in total. The number of aryl methyl sites for hydroxylation is 1. The highest BCUT2D eigenvalue weighted by Gasteiger charge is 2.30. The second-order valence-electron chi connectivity index (χ2n) is 5.83. The Morgan fingerprint density at radius 2 is 2.06 bits per heavy atom. The van der Waals surface area contributed by atoms with Crippen LogP contribution in [0.1, 0.15) is 43.2 Å². The maximum absolute atomic E-state index is 10.4. The number of rotatable bonds is 0. The molecule has 1 aliphatic carbocycles. The summed E-state index contributed by atoms with van der Waals surface area (Å²) >= 11 is 1.77. The summed E-state index contributed by atoms with van der Waals surface area (Å²) in [5.41, 5.74) is 1.64. The van der Waals surface area contributed by atoms with Crippen molar-refractivity contribution < 1.29 is 5.11 Å². The zero-order chi connectivity index (χ0) is 12.0. The zero-order valence-electron chi connectivity index (χ0n) is 10.4. The van der Waals surface area contributed by atoms with Crippen molar-refractivity contribution in [1.82, 2.24) is 0 Å². The van der Waals surface area contributed by atoms with Crippen molar-refractivity contribution in [3.8, 4) is 0 Å².